The first-order chi connectivity index (χ1) is 11.7. The number of rotatable bonds is 6. The second-order valence-corrected chi connectivity index (χ2v) is 4.73. The zero-order valence-corrected chi connectivity index (χ0v) is 13.2. The third-order valence-corrected chi connectivity index (χ3v) is 3.13. The first-order valence-corrected chi connectivity index (χ1v) is 7.23. The van der Waals surface area contributed by atoms with E-state index in [1.165, 1.54) is 0 Å². The van der Waals surface area contributed by atoms with Gasteiger partial charge in [0.15, 0.2) is 0 Å². The van der Waals surface area contributed by atoms with Crippen LogP contribution in [0.15, 0.2) is 61.2 Å². The van der Waals surface area contributed by atoms with Crippen molar-refractivity contribution in [3.05, 3.63) is 72.3 Å². The lowest BCUT2D eigenvalue weighted by Crippen LogP contribution is -2.41. The van der Waals surface area contributed by atoms with E-state index in [2.05, 4.69) is 17.4 Å². The van der Waals surface area contributed by atoms with E-state index in [0.717, 1.165) is 0 Å². The van der Waals surface area contributed by atoms with E-state index < -0.39 is 11.8 Å². The molecule has 2 aromatic carbocycles. The van der Waals surface area contributed by atoms with E-state index in [1.807, 2.05) is 0 Å². The molecule has 0 spiro atoms. The van der Waals surface area contributed by atoms with Crippen molar-refractivity contribution in [3.63, 3.8) is 0 Å². The Balaban J connectivity index is 1.99. The van der Waals surface area contributed by atoms with Crippen molar-refractivity contribution in [2.75, 3.05) is 13.7 Å². The maximum atomic E-state index is 12.2. The van der Waals surface area contributed by atoms with Gasteiger partial charge in [-0.15, -0.1) is 0 Å². The Bertz CT molecular complexity index is 726. The van der Waals surface area contributed by atoms with Gasteiger partial charge < -0.3 is 9.47 Å². The van der Waals surface area contributed by atoms with E-state index in [0.29, 0.717) is 22.6 Å². The summed E-state index contributed by atoms with van der Waals surface area (Å²) in [5, 5.41) is 0. The standard InChI is InChI=1S/C18H18N2O4/c1-3-12-24-16-7-5-4-6-15(16)18(22)20-19-17(21)13-8-10-14(23-2)11-9-13/h3-11H,1,12H2,2H3,(H,19,21)(H,20,22). The lowest BCUT2D eigenvalue weighted by atomic mass is 10.2. The van der Waals surface area contributed by atoms with Crippen molar-refractivity contribution in [2.45, 2.75) is 0 Å². The van der Waals surface area contributed by atoms with Gasteiger partial charge in [-0.05, 0) is 36.4 Å². The minimum atomic E-state index is -0.475. The van der Waals surface area contributed by atoms with Crippen LogP contribution in [-0.2, 0) is 0 Å². The van der Waals surface area contributed by atoms with Crippen molar-refractivity contribution in [2.24, 2.45) is 0 Å². The topological polar surface area (TPSA) is 76.7 Å². The SMILES string of the molecule is C=CCOc1ccccc1C(=O)NNC(=O)c1ccc(OC)cc1. The summed E-state index contributed by atoms with van der Waals surface area (Å²) in [5.41, 5.74) is 5.44. The second kappa shape index (κ2) is 8.38. The van der Waals surface area contributed by atoms with Crippen molar-refractivity contribution >= 4 is 11.8 Å². The molecule has 0 aliphatic heterocycles. The molecule has 24 heavy (non-hydrogen) atoms. The van der Waals surface area contributed by atoms with Crippen LogP contribution in [0, 0.1) is 0 Å². The summed E-state index contributed by atoms with van der Waals surface area (Å²) >= 11 is 0. The molecule has 0 aliphatic rings. The van der Waals surface area contributed by atoms with Gasteiger partial charge in [-0.1, -0.05) is 24.8 Å². The number of para-hydroxylation sites is 1. The molecule has 0 aromatic heterocycles. The summed E-state index contributed by atoms with van der Waals surface area (Å²) in [4.78, 5) is 24.2. The molecule has 0 bridgehead atoms. The maximum Gasteiger partial charge on any atom is 0.273 e. The van der Waals surface area contributed by atoms with Crippen LogP contribution in [0.5, 0.6) is 11.5 Å². The molecule has 0 saturated carbocycles. The maximum absolute atomic E-state index is 12.2. The third kappa shape index (κ3) is 4.36. The summed E-state index contributed by atoms with van der Waals surface area (Å²) in [6.07, 6.45) is 1.58. The van der Waals surface area contributed by atoms with Gasteiger partial charge in [0, 0.05) is 5.56 Å². The van der Waals surface area contributed by atoms with Gasteiger partial charge in [0.1, 0.15) is 18.1 Å². The fraction of sp³-hybridized carbons (Fsp3) is 0.111. The number of ether oxygens (including phenoxy) is 2. The Kier molecular flexibility index (Phi) is 5.96. The molecule has 0 saturated heterocycles. The Morgan fingerprint density at radius 2 is 1.71 bits per heavy atom. The second-order valence-electron chi connectivity index (χ2n) is 4.73. The van der Waals surface area contributed by atoms with Crippen LogP contribution >= 0.6 is 0 Å². The minimum Gasteiger partial charge on any atom is -0.497 e. The van der Waals surface area contributed by atoms with Crippen molar-refractivity contribution in [1.82, 2.24) is 10.9 Å². The Labute approximate surface area is 140 Å². The van der Waals surface area contributed by atoms with E-state index in [9.17, 15) is 9.59 Å². The fourth-order valence-electron chi connectivity index (χ4n) is 1.92. The molecular formula is C18H18N2O4. The van der Waals surface area contributed by atoms with Crippen LogP contribution in [0.25, 0.3) is 0 Å². The first kappa shape index (κ1) is 17.1. The van der Waals surface area contributed by atoms with Crippen LogP contribution in [0.4, 0.5) is 0 Å². The molecule has 2 aromatic rings. The van der Waals surface area contributed by atoms with Crippen molar-refractivity contribution in [1.29, 1.82) is 0 Å². The highest BCUT2D eigenvalue weighted by Crippen LogP contribution is 2.17. The molecule has 124 valence electrons. The number of hydrazine groups is 1. The Hall–Kier alpha value is -3.28. The summed E-state index contributed by atoms with van der Waals surface area (Å²) in [6, 6.07) is 13.3. The number of methoxy groups -OCH3 is 1. The molecule has 0 unspecified atom stereocenters. The fourth-order valence-corrected chi connectivity index (χ4v) is 1.92. The quantitative estimate of drug-likeness (QED) is 0.631. The van der Waals surface area contributed by atoms with E-state index >= 15 is 0 Å². The Morgan fingerprint density at radius 3 is 2.38 bits per heavy atom. The number of nitrogens with one attached hydrogen (secondary N) is 2. The molecule has 0 atom stereocenters. The summed E-state index contributed by atoms with van der Waals surface area (Å²) in [7, 11) is 1.54. The number of hydrogen-bond acceptors (Lipinski definition) is 4. The smallest absolute Gasteiger partial charge is 0.273 e. The van der Waals surface area contributed by atoms with E-state index in [1.54, 1.807) is 61.7 Å². The van der Waals surface area contributed by atoms with Gasteiger partial charge in [-0.3, -0.25) is 20.4 Å². The predicted molar refractivity (Wildman–Crippen MR) is 90.1 cm³/mol. The highest BCUT2D eigenvalue weighted by atomic mass is 16.5. The van der Waals surface area contributed by atoms with Crippen LogP contribution in [0.2, 0.25) is 0 Å². The molecule has 6 heteroatoms. The van der Waals surface area contributed by atoms with Gasteiger partial charge in [-0.2, -0.15) is 0 Å². The molecule has 0 fully saturated rings. The average Bonchev–Trinajstić information content (AvgIpc) is 2.64. The monoisotopic (exact) mass is 326 g/mol. The van der Waals surface area contributed by atoms with Crippen molar-refractivity contribution in [3.8, 4) is 11.5 Å². The molecule has 2 N–H and O–H groups in total. The number of benzene rings is 2. The van der Waals surface area contributed by atoms with E-state index in [-0.39, 0.29) is 6.61 Å². The Morgan fingerprint density at radius 1 is 1.04 bits per heavy atom. The highest BCUT2D eigenvalue weighted by molar-refractivity contribution is 6.00. The van der Waals surface area contributed by atoms with Crippen LogP contribution in [0.1, 0.15) is 20.7 Å². The molecule has 0 radical (unpaired) electrons. The number of carbonyl (C=O) groups is 2. The molecule has 2 rings (SSSR count). The average molecular weight is 326 g/mol. The first-order valence-electron chi connectivity index (χ1n) is 7.23. The van der Waals surface area contributed by atoms with Crippen molar-refractivity contribution < 1.29 is 19.1 Å². The molecule has 0 heterocycles. The van der Waals surface area contributed by atoms with Gasteiger partial charge in [0.2, 0.25) is 0 Å². The third-order valence-electron chi connectivity index (χ3n) is 3.13. The zero-order valence-electron chi connectivity index (χ0n) is 13.2. The van der Waals surface area contributed by atoms with Crippen LogP contribution in [-0.4, -0.2) is 25.5 Å². The zero-order chi connectivity index (χ0) is 17.4. The van der Waals surface area contributed by atoms with Gasteiger partial charge in [0.25, 0.3) is 11.8 Å². The number of carbonyl (C=O) groups excluding carboxylic acids is 2. The van der Waals surface area contributed by atoms with E-state index in [4.69, 9.17) is 9.47 Å². The van der Waals surface area contributed by atoms with Crippen LogP contribution in [0.3, 0.4) is 0 Å². The summed E-state index contributed by atoms with van der Waals surface area (Å²) in [5.74, 6) is 0.143. The lowest BCUT2D eigenvalue weighted by Gasteiger charge is -2.11. The molecule has 0 aliphatic carbocycles. The predicted octanol–water partition coefficient (Wildman–Crippen LogP) is 2.33. The molecule has 6 nitrogen and oxygen atoms in total. The number of hydrogen-bond donors (Lipinski definition) is 2. The van der Waals surface area contributed by atoms with Gasteiger partial charge >= 0.3 is 0 Å². The van der Waals surface area contributed by atoms with Crippen LogP contribution < -0.4 is 20.3 Å². The van der Waals surface area contributed by atoms with Gasteiger partial charge in [-0.25, -0.2) is 0 Å². The summed E-state index contributed by atoms with van der Waals surface area (Å²) < 4.78 is 10.4. The van der Waals surface area contributed by atoms with Gasteiger partial charge in [0.05, 0.1) is 12.7 Å². The summed E-state index contributed by atoms with van der Waals surface area (Å²) in [6.45, 7) is 3.84. The highest BCUT2D eigenvalue weighted by Gasteiger charge is 2.13. The largest absolute Gasteiger partial charge is 0.497 e. The molecular weight excluding hydrogens is 308 g/mol. The lowest BCUT2D eigenvalue weighted by molar-refractivity contribution is 0.0844. The normalized spacial score (nSPS) is 9.71. The minimum absolute atomic E-state index is 0.280. The molecule has 2 amide bonds. The number of amides is 2.